The van der Waals surface area contributed by atoms with Crippen LogP contribution in [0.4, 0.5) is 0 Å². The highest BCUT2D eigenvalue weighted by atomic mass is 32.1. The van der Waals surface area contributed by atoms with E-state index in [4.69, 9.17) is 0 Å². The average Bonchev–Trinajstić information content (AvgIpc) is 2.88. The topological polar surface area (TPSA) is 38.7 Å². The third kappa shape index (κ3) is 2.81. The molecule has 0 saturated carbocycles. The molecule has 0 aliphatic carbocycles. The summed E-state index contributed by atoms with van der Waals surface area (Å²) < 4.78 is 0. The first-order chi connectivity index (χ1) is 9.83. The van der Waals surface area contributed by atoms with Gasteiger partial charge in [0.15, 0.2) is 0 Å². The monoisotopic (exact) mass is 279 g/mol. The Morgan fingerprint density at radius 2 is 2.00 bits per heavy atom. The maximum absolute atomic E-state index is 4.60. The minimum atomic E-state index is 0.947. The van der Waals surface area contributed by atoms with Gasteiger partial charge in [-0.15, -0.1) is 11.3 Å². The number of hydrogen-bond acceptors (Lipinski definition) is 4. The highest BCUT2D eigenvalue weighted by molar-refractivity contribution is 7.16. The third-order valence-electron chi connectivity index (χ3n) is 2.83. The summed E-state index contributed by atoms with van der Waals surface area (Å²) in [5, 5.41) is 0.997. The lowest BCUT2D eigenvalue weighted by Crippen LogP contribution is -1.78. The Hall–Kier alpha value is -2.33. The fourth-order valence-electron chi connectivity index (χ4n) is 1.81. The second-order valence-electron chi connectivity index (χ2n) is 4.30. The summed E-state index contributed by atoms with van der Waals surface area (Å²) in [5.74, 6) is 0. The molecule has 3 nitrogen and oxygen atoms in total. The normalized spacial score (nSPS) is 11.1. The molecule has 0 unspecified atom stereocenters. The number of thiazole rings is 1. The van der Waals surface area contributed by atoms with Gasteiger partial charge in [-0.05, 0) is 43.3 Å². The average molecular weight is 279 g/mol. The zero-order chi connectivity index (χ0) is 13.8. The molecule has 3 rings (SSSR count). The molecule has 0 aromatic carbocycles. The Labute approximate surface area is 121 Å². The Balaban J connectivity index is 1.89. The highest BCUT2D eigenvalue weighted by Crippen LogP contribution is 2.28. The molecule has 20 heavy (non-hydrogen) atoms. The van der Waals surface area contributed by atoms with Crippen molar-refractivity contribution in [1.82, 2.24) is 15.0 Å². The van der Waals surface area contributed by atoms with Crippen molar-refractivity contribution in [1.29, 1.82) is 0 Å². The molecule has 0 saturated heterocycles. The van der Waals surface area contributed by atoms with E-state index in [-0.39, 0.29) is 0 Å². The van der Waals surface area contributed by atoms with Crippen LogP contribution in [0.25, 0.3) is 22.7 Å². The van der Waals surface area contributed by atoms with Gasteiger partial charge in [-0.1, -0.05) is 6.07 Å². The Kier molecular flexibility index (Phi) is 3.65. The zero-order valence-electron chi connectivity index (χ0n) is 11.0. The summed E-state index contributed by atoms with van der Waals surface area (Å²) in [5.41, 5.74) is 3.03. The van der Waals surface area contributed by atoms with E-state index in [1.165, 1.54) is 0 Å². The number of aryl methyl sites for hydroxylation is 1. The first kappa shape index (κ1) is 12.7. The molecule has 0 bridgehead atoms. The minimum Gasteiger partial charge on any atom is -0.264 e. The molecule has 3 heterocycles. The van der Waals surface area contributed by atoms with E-state index in [0.717, 1.165) is 26.8 Å². The van der Waals surface area contributed by atoms with Crippen molar-refractivity contribution in [3.63, 3.8) is 0 Å². The quantitative estimate of drug-likeness (QED) is 0.725. The summed E-state index contributed by atoms with van der Waals surface area (Å²) in [4.78, 5) is 14.2. The lowest BCUT2D eigenvalue weighted by molar-refractivity contribution is 1.25. The summed E-state index contributed by atoms with van der Waals surface area (Å²) in [6, 6.07) is 9.82. The van der Waals surface area contributed by atoms with Crippen molar-refractivity contribution in [3.8, 4) is 10.6 Å². The van der Waals surface area contributed by atoms with Gasteiger partial charge in [-0.25, -0.2) is 4.98 Å². The third-order valence-corrected chi connectivity index (χ3v) is 4.01. The predicted octanol–water partition coefficient (Wildman–Crippen LogP) is 4.08. The first-order valence-corrected chi connectivity index (χ1v) is 7.11. The molecule has 0 aliphatic heterocycles. The number of aromatic nitrogens is 3. The van der Waals surface area contributed by atoms with Crippen LogP contribution in [0.1, 0.15) is 16.3 Å². The van der Waals surface area contributed by atoms with Gasteiger partial charge < -0.3 is 0 Å². The molecule has 0 atom stereocenters. The second-order valence-corrected chi connectivity index (χ2v) is 5.33. The lowest BCUT2D eigenvalue weighted by atomic mass is 10.3. The standard InChI is InChI=1S/C16H13N3S/c1-12-15(8-7-14-6-2-3-10-18-14)20-16(19-12)13-5-4-9-17-11-13/h2-11H,1H3/b8-7+. The van der Waals surface area contributed by atoms with Crippen LogP contribution in [-0.2, 0) is 0 Å². The van der Waals surface area contributed by atoms with Crippen molar-refractivity contribution in [3.05, 3.63) is 65.2 Å². The predicted molar refractivity (Wildman–Crippen MR) is 83.2 cm³/mol. The molecule has 98 valence electrons. The van der Waals surface area contributed by atoms with Crippen molar-refractivity contribution < 1.29 is 0 Å². The van der Waals surface area contributed by atoms with Gasteiger partial charge in [0.05, 0.1) is 16.3 Å². The van der Waals surface area contributed by atoms with Crippen molar-refractivity contribution in [2.75, 3.05) is 0 Å². The zero-order valence-corrected chi connectivity index (χ0v) is 11.8. The fourth-order valence-corrected chi connectivity index (χ4v) is 2.77. The molecule has 4 heteroatoms. The van der Waals surface area contributed by atoms with Crippen LogP contribution in [0.15, 0.2) is 48.9 Å². The molecule has 0 radical (unpaired) electrons. The van der Waals surface area contributed by atoms with Crippen LogP contribution >= 0.6 is 11.3 Å². The van der Waals surface area contributed by atoms with E-state index < -0.39 is 0 Å². The van der Waals surface area contributed by atoms with Crippen LogP contribution < -0.4 is 0 Å². The van der Waals surface area contributed by atoms with Crippen molar-refractivity contribution in [2.24, 2.45) is 0 Å². The van der Waals surface area contributed by atoms with E-state index in [9.17, 15) is 0 Å². The van der Waals surface area contributed by atoms with Gasteiger partial charge in [-0.2, -0.15) is 0 Å². The minimum absolute atomic E-state index is 0.947. The van der Waals surface area contributed by atoms with Crippen LogP contribution in [0, 0.1) is 6.92 Å². The maximum atomic E-state index is 4.60. The molecular weight excluding hydrogens is 266 g/mol. The van der Waals surface area contributed by atoms with Gasteiger partial charge in [0.25, 0.3) is 0 Å². The van der Waals surface area contributed by atoms with E-state index in [1.54, 1.807) is 23.7 Å². The van der Waals surface area contributed by atoms with Gasteiger partial charge in [0.1, 0.15) is 5.01 Å². The lowest BCUT2D eigenvalue weighted by Gasteiger charge is -1.92. The smallest absolute Gasteiger partial charge is 0.125 e. The van der Waals surface area contributed by atoms with Crippen LogP contribution in [-0.4, -0.2) is 15.0 Å². The van der Waals surface area contributed by atoms with Crippen molar-refractivity contribution in [2.45, 2.75) is 6.92 Å². The summed E-state index contributed by atoms with van der Waals surface area (Å²) >= 11 is 1.67. The SMILES string of the molecule is Cc1nc(-c2cccnc2)sc1/C=C/c1ccccn1. The molecular formula is C16H13N3S. The van der Waals surface area contributed by atoms with Crippen molar-refractivity contribution >= 4 is 23.5 Å². The molecule has 0 aliphatic rings. The number of nitrogens with zero attached hydrogens (tertiary/aromatic N) is 3. The molecule has 0 spiro atoms. The molecule has 3 aromatic rings. The van der Waals surface area contributed by atoms with Crippen LogP contribution in [0.2, 0.25) is 0 Å². The Bertz CT molecular complexity index is 718. The van der Waals surface area contributed by atoms with E-state index >= 15 is 0 Å². The van der Waals surface area contributed by atoms with Gasteiger partial charge >= 0.3 is 0 Å². The second kappa shape index (κ2) is 5.75. The Morgan fingerprint density at radius 1 is 1.05 bits per heavy atom. The van der Waals surface area contributed by atoms with Crippen LogP contribution in [0.5, 0.6) is 0 Å². The van der Waals surface area contributed by atoms with Gasteiger partial charge in [0, 0.05) is 24.2 Å². The first-order valence-electron chi connectivity index (χ1n) is 6.30. The van der Waals surface area contributed by atoms with Crippen LogP contribution in [0.3, 0.4) is 0 Å². The van der Waals surface area contributed by atoms with E-state index in [2.05, 4.69) is 21.0 Å². The Morgan fingerprint density at radius 3 is 2.75 bits per heavy atom. The number of hydrogen-bond donors (Lipinski definition) is 0. The largest absolute Gasteiger partial charge is 0.264 e. The summed E-state index contributed by atoms with van der Waals surface area (Å²) in [6.45, 7) is 2.02. The van der Waals surface area contributed by atoms with Gasteiger partial charge in [0.2, 0.25) is 0 Å². The molecule has 0 N–H and O–H groups in total. The van der Waals surface area contributed by atoms with E-state index in [0.29, 0.717) is 0 Å². The summed E-state index contributed by atoms with van der Waals surface area (Å²) in [7, 11) is 0. The van der Waals surface area contributed by atoms with E-state index in [1.807, 2.05) is 49.5 Å². The van der Waals surface area contributed by atoms with Gasteiger partial charge in [-0.3, -0.25) is 9.97 Å². The molecule has 0 amide bonds. The fraction of sp³-hybridized carbons (Fsp3) is 0.0625. The number of pyridine rings is 2. The summed E-state index contributed by atoms with van der Waals surface area (Å²) in [6.07, 6.45) is 9.47. The highest BCUT2D eigenvalue weighted by Gasteiger charge is 2.07. The molecule has 3 aromatic heterocycles. The number of rotatable bonds is 3. The maximum Gasteiger partial charge on any atom is 0.125 e. The molecule has 0 fully saturated rings.